The molecule has 0 saturated heterocycles. The summed E-state index contributed by atoms with van der Waals surface area (Å²) < 4.78 is 5.24. The lowest BCUT2D eigenvalue weighted by molar-refractivity contribution is 0.0531. The van der Waals surface area contributed by atoms with Crippen LogP contribution < -0.4 is 4.90 Å². The van der Waals surface area contributed by atoms with Gasteiger partial charge in [-0.15, -0.1) is 11.3 Å². The van der Waals surface area contributed by atoms with E-state index in [0.29, 0.717) is 18.0 Å². The van der Waals surface area contributed by atoms with Gasteiger partial charge in [-0.1, -0.05) is 0 Å². The molecule has 0 amide bonds. The van der Waals surface area contributed by atoms with E-state index >= 15 is 0 Å². The first-order chi connectivity index (χ1) is 13.5. The highest BCUT2D eigenvalue weighted by Crippen LogP contribution is 2.37. The van der Waals surface area contributed by atoms with Gasteiger partial charge in [0.2, 0.25) is 0 Å². The SMILES string of the molecule is CCOC(=O)c1sc2nc(CN(C)C)nc(N3CCc4[nH]ncc4C3)c2c1C. The van der Waals surface area contributed by atoms with Crippen LogP contribution in [0.1, 0.15) is 39.2 Å². The van der Waals surface area contributed by atoms with Gasteiger partial charge in [-0.3, -0.25) is 5.10 Å². The summed E-state index contributed by atoms with van der Waals surface area (Å²) in [7, 11) is 3.99. The summed E-state index contributed by atoms with van der Waals surface area (Å²) in [5.41, 5.74) is 3.26. The van der Waals surface area contributed by atoms with Crippen molar-refractivity contribution in [2.45, 2.75) is 33.4 Å². The molecule has 1 N–H and O–H groups in total. The maximum absolute atomic E-state index is 12.4. The minimum Gasteiger partial charge on any atom is -0.462 e. The number of aryl methyl sites for hydroxylation is 1. The average molecular weight is 401 g/mol. The molecule has 0 bridgehead atoms. The van der Waals surface area contributed by atoms with Crippen LogP contribution in [0.2, 0.25) is 0 Å². The fourth-order valence-corrected chi connectivity index (χ4v) is 4.63. The van der Waals surface area contributed by atoms with Crippen LogP contribution >= 0.6 is 11.3 Å². The van der Waals surface area contributed by atoms with Crippen molar-refractivity contribution >= 4 is 33.3 Å². The maximum atomic E-state index is 12.4. The van der Waals surface area contributed by atoms with Crippen molar-refractivity contribution in [3.8, 4) is 0 Å². The lowest BCUT2D eigenvalue weighted by atomic mass is 10.1. The molecule has 0 fully saturated rings. The lowest BCUT2D eigenvalue weighted by Gasteiger charge is -2.28. The largest absolute Gasteiger partial charge is 0.462 e. The predicted molar refractivity (Wildman–Crippen MR) is 109 cm³/mol. The number of ether oxygens (including phenoxy) is 1. The van der Waals surface area contributed by atoms with Crippen LogP contribution in [0.4, 0.5) is 5.82 Å². The van der Waals surface area contributed by atoms with Crippen molar-refractivity contribution < 1.29 is 9.53 Å². The summed E-state index contributed by atoms with van der Waals surface area (Å²) in [6.07, 6.45) is 2.77. The normalized spacial score (nSPS) is 14.0. The second-order valence-corrected chi connectivity index (χ2v) is 8.20. The van der Waals surface area contributed by atoms with E-state index in [9.17, 15) is 4.79 Å². The van der Waals surface area contributed by atoms with Crippen LogP contribution in [0.25, 0.3) is 10.2 Å². The third-order valence-electron chi connectivity index (χ3n) is 4.84. The molecule has 0 spiro atoms. The van der Waals surface area contributed by atoms with E-state index < -0.39 is 0 Å². The molecule has 0 saturated carbocycles. The number of esters is 1. The summed E-state index contributed by atoms with van der Waals surface area (Å²) in [4.78, 5) is 27.8. The Bertz CT molecular complexity index is 1030. The smallest absolute Gasteiger partial charge is 0.348 e. The van der Waals surface area contributed by atoms with Crippen molar-refractivity contribution in [2.24, 2.45) is 0 Å². The van der Waals surface area contributed by atoms with Crippen LogP contribution in [0.5, 0.6) is 0 Å². The number of nitrogens with zero attached hydrogens (tertiary/aromatic N) is 5. The van der Waals surface area contributed by atoms with E-state index in [1.165, 1.54) is 22.6 Å². The molecule has 28 heavy (non-hydrogen) atoms. The number of hydrogen-bond donors (Lipinski definition) is 1. The molecule has 3 aromatic rings. The number of aromatic amines is 1. The standard InChI is InChI=1S/C19H24N6O2S/c1-5-27-19(26)16-11(2)15-17(21-14(10-24(3)4)22-18(15)28-16)25-7-6-13-12(9-25)8-20-23-13/h8H,5-7,9-10H2,1-4H3,(H,20,23). The minimum atomic E-state index is -0.293. The van der Waals surface area contributed by atoms with Gasteiger partial charge in [0.25, 0.3) is 0 Å². The number of fused-ring (bicyclic) bond motifs is 2. The van der Waals surface area contributed by atoms with Crippen molar-refractivity contribution in [1.82, 2.24) is 25.1 Å². The molecule has 0 radical (unpaired) electrons. The van der Waals surface area contributed by atoms with Gasteiger partial charge < -0.3 is 14.5 Å². The molecule has 0 atom stereocenters. The van der Waals surface area contributed by atoms with E-state index in [2.05, 4.69) is 15.1 Å². The third-order valence-corrected chi connectivity index (χ3v) is 6.00. The van der Waals surface area contributed by atoms with Gasteiger partial charge in [0, 0.05) is 30.8 Å². The number of rotatable bonds is 5. The minimum absolute atomic E-state index is 0.293. The number of hydrogen-bond acceptors (Lipinski definition) is 8. The molecule has 148 valence electrons. The van der Waals surface area contributed by atoms with E-state index in [1.807, 2.05) is 39.0 Å². The summed E-state index contributed by atoms with van der Waals surface area (Å²) in [6, 6.07) is 0. The fraction of sp³-hybridized carbons (Fsp3) is 0.474. The van der Waals surface area contributed by atoms with Gasteiger partial charge in [-0.05, 0) is 33.5 Å². The first-order valence-electron chi connectivity index (χ1n) is 9.35. The van der Waals surface area contributed by atoms with E-state index in [0.717, 1.165) is 46.9 Å². The van der Waals surface area contributed by atoms with Gasteiger partial charge in [0.15, 0.2) is 0 Å². The Morgan fingerprint density at radius 3 is 2.96 bits per heavy atom. The van der Waals surface area contributed by atoms with Crippen molar-refractivity contribution in [1.29, 1.82) is 0 Å². The van der Waals surface area contributed by atoms with Gasteiger partial charge in [-0.25, -0.2) is 14.8 Å². The van der Waals surface area contributed by atoms with E-state index in [-0.39, 0.29) is 5.97 Å². The Morgan fingerprint density at radius 1 is 1.39 bits per heavy atom. The van der Waals surface area contributed by atoms with Gasteiger partial charge >= 0.3 is 5.97 Å². The number of H-pyrrole nitrogens is 1. The monoisotopic (exact) mass is 400 g/mol. The van der Waals surface area contributed by atoms with Crippen molar-refractivity contribution in [2.75, 3.05) is 32.1 Å². The molecule has 0 aliphatic carbocycles. The lowest BCUT2D eigenvalue weighted by Crippen LogP contribution is -2.31. The van der Waals surface area contributed by atoms with Gasteiger partial charge in [0.1, 0.15) is 21.3 Å². The molecular formula is C19H24N6O2S. The Labute approximate surface area is 167 Å². The van der Waals surface area contributed by atoms with Crippen LogP contribution in [-0.4, -0.2) is 58.3 Å². The first kappa shape index (κ1) is 18.8. The Hall–Kier alpha value is -2.52. The second-order valence-electron chi connectivity index (χ2n) is 7.20. The van der Waals surface area contributed by atoms with Crippen molar-refractivity contribution in [3.05, 3.63) is 33.7 Å². The number of anilines is 1. The van der Waals surface area contributed by atoms with E-state index in [4.69, 9.17) is 14.7 Å². The second kappa shape index (κ2) is 7.48. The predicted octanol–water partition coefficient (Wildman–Crippen LogP) is 2.52. The first-order valence-corrected chi connectivity index (χ1v) is 10.2. The Morgan fingerprint density at radius 2 is 2.21 bits per heavy atom. The number of aromatic nitrogens is 4. The molecule has 1 aliphatic rings. The molecule has 9 heteroatoms. The molecule has 4 heterocycles. The number of nitrogens with one attached hydrogen (secondary N) is 1. The quantitative estimate of drug-likeness (QED) is 0.659. The zero-order valence-corrected chi connectivity index (χ0v) is 17.4. The molecule has 3 aromatic heterocycles. The number of carbonyl (C=O) groups excluding carboxylic acids is 1. The van der Waals surface area contributed by atoms with Crippen LogP contribution in [0, 0.1) is 6.92 Å². The topological polar surface area (TPSA) is 87.2 Å². The fourth-order valence-electron chi connectivity index (χ4n) is 3.54. The Balaban J connectivity index is 1.84. The molecule has 1 aliphatic heterocycles. The van der Waals surface area contributed by atoms with Crippen LogP contribution in [0.3, 0.4) is 0 Å². The van der Waals surface area contributed by atoms with Crippen LogP contribution in [0.15, 0.2) is 6.20 Å². The zero-order chi connectivity index (χ0) is 19.8. The summed E-state index contributed by atoms with van der Waals surface area (Å²) in [5, 5.41) is 8.19. The maximum Gasteiger partial charge on any atom is 0.348 e. The summed E-state index contributed by atoms with van der Waals surface area (Å²) in [5.74, 6) is 1.35. The molecule has 0 unspecified atom stereocenters. The number of thiophene rings is 1. The zero-order valence-electron chi connectivity index (χ0n) is 16.6. The highest BCUT2D eigenvalue weighted by Gasteiger charge is 2.26. The van der Waals surface area contributed by atoms with E-state index in [1.54, 1.807) is 0 Å². The molecular weight excluding hydrogens is 376 g/mol. The molecule has 4 rings (SSSR count). The van der Waals surface area contributed by atoms with Gasteiger partial charge in [-0.2, -0.15) is 5.10 Å². The summed E-state index contributed by atoms with van der Waals surface area (Å²) in [6.45, 7) is 6.34. The summed E-state index contributed by atoms with van der Waals surface area (Å²) >= 11 is 1.39. The van der Waals surface area contributed by atoms with Gasteiger partial charge in [0.05, 0.1) is 24.7 Å². The van der Waals surface area contributed by atoms with Crippen molar-refractivity contribution in [3.63, 3.8) is 0 Å². The number of carbonyl (C=O) groups is 1. The molecule has 0 aromatic carbocycles. The highest BCUT2D eigenvalue weighted by atomic mass is 32.1. The molecule has 8 nitrogen and oxygen atoms in total. The third kappa shape index (κ3) is 3.35. The Kier molecular flexibility index (Phi) is 5.03. The average Bonchev–Trinajstić information content (AvgIpc) is 3.24. The highest BCUT2D eigenvalue weighted by molar-refractivity contribution is 7.20. The van der Waals surface area contributed by atoms with Crippen LogP contribution in [-0.2, 0) is 24.2 Å².